The quantitative estimate of drug-likeness (QED) is 0.583. The fourth-order valence-electron chi connectivity index (χ4n) is 3.61. The van der Waals surface area contributed by atoms with E-state index in [2.05, 4.69) is 4.90 Å². The smallest absolute Gasteiger partial charge is 0.242 e. The number of morpholine rings is 1. The second-order valence-corrected chi connectivity index (χ2v) is 8.18. The van der Waals surface area contributed by atoms with E-state index >= 15 is 0 Å². The van der Waals surface area contributed by atoms with Gasteiger partial charge in [0, 0.05) is 38.6 Å². The zero-order chi connectivity index (χ0) is 22.1. The minimum atomic E-state index is -0.162. The molecule has 2 heterocycles. The minimum absolute atomic E-state index is 0.000677. The Labute approximate surface area is 184 Å². The van der Waals surface area contributed by atoms with Crippen LogP contribution in [0.25, 0.3) is 0 Å². The second kappa shape index (κ2) is 11.7. The third kappa shape index (κ3) is 7.22. The Kier molecular flexibility index (Phi) is 8.67. The fourth-order valence-corrected chi connectivity index (χ4v) is 3.61. The summed E-state index contributed by atoms with van der Waals surface area (Å²) in [7, 11) is 0. The van der Waals surface area contributed by atoms with Crippen LogP contribution in [0, 0.1) is 5.92 Å². The van der Waals surface area contributed by atoms with Gasteiger partial charge in [-0.3, -0.25) is 14.5 Å². The number of rotatable bonds is 10. The summed E-state index contributed by atoms with van der Waals surface area (Å²) in [5.41, 5.74) is 1.04. The van der Waals surface area contributed by atoms with Gasteiger partial charge in [0.05, 0.1) is 32.6 Å². The highest BCUT2D eigenvalue weighted by atomic mass is 16.5. The molecule has 1 aromatic heterocycles. The normalized spacial score (nSPS) is 14.5. The molecule has 31 heavy (non-hydrogen) atoms. The third-order valence-corrected chi connectivity index (χ3v) is 5.42. The van der Waals surface area contributed by atoms with Crippen molar-refractivity contribution in [2.75, 3.05) is 45.9 Å². The molecule has 1 aromatic carbocycles. The maximum Gasteiger partial charge on any atom is 0.242 e. The average Bonchev–Trinajstić information content (AvgIpc) is 3.30. The van der Waals surface area contributed by atoms with Crippen molar-refractivity contribution in [1.82, 2.24) is 14.7 Å². The molecule has 7 heteroatoms. The van der Waals surface area contributed by atoms with Crippen LogP contribution >= 0.6 is 0 Å². The first-order valence-electron chi connectivity index (χ1n) is 11.0. The monoisotopic (exact) mass is 427 g/mol. The number of hydrogen-bond acceptors (Lipinski definition) is 5. The Morgan fingerprint density at radius 2 is 1.74 bits per heavy atom. The molecule has 0 unspecified atom stereocenters. The lowest BCUT2D eigenvalue weighted by Crippen LogP contribution is -2.48. The number of amides is 2. The van der Waals surface area contributed by atoms with E-state index in [-0.39, 0.29) is 24.3 Å². The molecule has 0 spiro atoms. The van der Waals surface area contributed by atoms with Gasteiger partial charge in [0.2, 0.25) is 11.8 Å². The molecule has 0 aliphatic carbocycles. The Morgan fingerprint density at radius 1 is 1.00 bits per heavy atom. The number of furan rings is 1. The van der Waals surface area contributed by atoms with Gasteiger partial charge < -0.3 is 19.0 Å². The molecule has 0 bridgehead atoms. The summed E-state index contributed by atoms with van der Waals surface area (Å²) < 4.78 is 10.9. The van der Waals surface area contributed by atoms with Gasteiger partial charge in [-0.05, 0) is 17.7 Å². The highest BCUT2D eigenvalue weighted by Gasteiger charge is 2.24. The van der Waals surface area contributed by atoms with E-state index in [9.17, 15) is 9.59 Å². The summed E-state index contributed by atoms with van der Waals surface area (Å²) in [5.74, 6) is 0.472. The number of benzene rings is 1. The van der Waals surface area contributed by atoms with Crippen molar-refractivity contribution in [3.63, 3.8) is 0 Å². The zero-order valence-corrected chi connectivity index (χ0v) is 18.5. The molecular weight excluding hydrogens is 394 g/mol. The molecule has 0 radical (unpaired) electrons. The van der Waals surface area contributed by atoms with Crippen molar-refractivity contribution in [1.29, 1.82) is 0 Å². The Bertz CT molecular complexity index is 801. The molecule has 2 aromatic rings. The number of hydrogen-bond donors (Lipinski definition) is 0. The highest BCUT2D eigenvalue weighted by molar-refractivity contribution is 5.85. The van der Waals surface area contributed by atoms with Crippen LogP contribution < -0.4 is 0 Å². The number of carbonyl (C=O) groups excluding carboxylic acids is 2. The van der Waals surface area contributed by atoms with Crippen molar-refractivity contribution in [3.8, 4) is 0 Å². The molecule has 1 aliphatic rings. The molecule has 0 atom stereocenters. The van der Waals surface area contributed by atoms with Gasteiger partial charge in [-0.15, -0.1) is 0 Å². The summed E-state index contributed by atoms with van der Waals surface area (Å²) >= 11 is 0. The minimum Gasteiger partial charge on any atom is -0.467 e. The lowest BCUT2D eigenvalue weighted by Gasteiger charge is -2.32. The first kappa shape index (κ1) is 23.0. The third-order valence-electron chi connectivity index (χ3n) is 5.42. The molecule has 2 amide bonds. The standard InChI is InChI=1S/C24H33N3O4/c1-20(2)24(29)26(11-10-25-12-15-30-16-13-25)19-23(28)27(18-22-9-6-14-31-22)17-21-7-4-3-5-8-21/h3-9,14,20H,10-13,15-19H2,1-2H3. The maximum atomic E-state index is 13.3. The van der Waals surface area contributed by atoms with Crippen LogP contribution in [0.3, 0.4) is 0 Å². The van der Waals surface area contributed by atoms with Crippen LogP contribution in [0.15, 0.2) is 53.1 Å². The lowest BCUT2D eigenvalue weighted by atomic mass is 10.1. The van der Waals surface area contributed by atoms with Crippen LogP contribution in [0.2, 0.25) is 0 Å². The van der Waals surface area contributed by atoms with Gasteiger partial charge in [0.1, 0.15) is 5.76 Å². The van der Waals surface area contributed by atoms with E-state index in [1.165, 1.54) is 0 Å². The predicted octanol–water partition coefficient (Wildman–Crippen LogP) is 2.63. The van der Waals surface area contributed by atoms with Crippen molar-refractivity contribution < 1.29 is 18.7 Å². The van der Waals surface area contributed by atoms with Crippen LogP contribution in [-0.4, -0.2) is 72.5 Å². The van der Waals surface area contributed by atoms with Crippen LogP contribution in [0.4, 0.5) is 0 Å². The summed E-state index contributed by atoms with van der Waals surface area (Å²) in [4.78, 5) is 31.9. The number of carbonyl (C=O) groups is 2. The zero-order valence-electron chi connectivity index (χ0n) is 18.5. The van der Waals surface area contributed by atoms with E-state index in [1.54, 1.807) is 16.1 Å². The first-order chi connectivity index (χ1) is 15.0. The molecule has 0 N–H and O–H groups in total. The van der Waals surface area contributed by atoms with Gasteiger partial charge in [-0.1, -0.05) is 44.2 Å². The molecule has 1 fully saturated rings. The second-order valence-electron chi connectivity index (χ2n) is 8.18. The van der Waals surface area contributed by atoms with Crippen LogP contribution in [-0.2, 0) is 27.4 Å². The van der Waals surface area contributed by atoms with Crippen LogP contribution in [0.1, 0.15) is 25.2 Å². The summed E-state index contributed by atoms with van der Waals surface area (Å²) in [6.45, 7) is 9.06. The average molecular weight is 428 g/mol. The van der Waals surface area contributed by atoms with Gasteiger partial charge >= 0.3 is 0 Å². The molecular formula is C24H33N3O4. The summed E-state index contributed by atoms with van der Waals surface area (Å²) in [6, 6.07) is 13.6. The SMILES string of the molecule is CC(C)C(=O)N(CCN1CCOCC1)CC(=O)N(Cc1ccccc1)Cc1ccco1. The lowest BCUT2D eigenvalue weighted by molar-refractivity contribution is -0.143. The molecule has 1 aliphatic heterocycles. The number of ether oxygens (including phenoxy) is 1. The van der Waals surface area contributed by atoms with Crippen molar-refractivity contribution >= 4 is 11.8 Å². The van der Waals surface area contributed by atoms with Crippen molar-refractivity contribution in [2.24, 2.45) is 5.92 Å². The van der Waals surface area contributed by atoms with E-state index in [0.717, 1.165) is 31.0 Å². The Balaban J connectivity index is 1.68. The van der Waals surface area contributed by atoms with E-state index < -0.39 is 0 Å². The first-order valence-corrected chi connectivity index (χ1v) is 11.0. The van der Waals surface area contributed by atoms with E-state index in [1.807, 2.05) is 56.3 Å². The Morgan fingerprint density at radius 3 is 2.39 bits per heavy atom. The summed E-state index contributed by atoms with van der Waals surface area (Å²) in [5, 5.41) is 0. The van der Waals surface area contributed by atoms with Crippen LogP contribution in [0.5, 0.6) is 0 Å². The molecule has 3 rings (SSSR count). The van der Waals surface area contributed by atoms with Crippen molar-refractivity contribution in [2.45, 2.75) is 26.9 Å². The molecule has 168 valence electrons. The summed E-state index contributed by atoms with van der Waals surface area (Å²) in [6.07, 6.45) is 1.61. The van der Waals surface area contributed by atoms with Crippen molar-refractivity contribution in [3.05, 3.63) is 60.1 Å². The predicted molar refractivity (Wildman–Crippen MR) is 118 cm³/mol. The van der Waals surface area contributed by atoms with E-state index in [0.29, 0.717) is 32.8 Å². The highest BCUT2D eigenvalue weighted by Crippen LogP contribution is 2.13. The topological polar surface area (TPSA) is 66.2 Å². The fraction of sp³-hybridized carbons (Fsp3) is 0.500. The number of nitrogens with zero attached hydrogens (tertiary/aromatic N) is 3. The van der Waals surface area contributed by atoms with Gasteiger partial charge in [-0.25, -0.2) is 0 Å². The molecule has 1 saturated heterocycles. The van der Waals surface area contributed by atoms with E-state index in [4.69, 9.17) is 9.15 Å². The van der Waals surface area contributed by atoms with Gasteiger partial charge in [-0.2, -0.15) is 0 Å². The van der Waals surface area contributed by atoms with Gasteiger partial charge in [0.15, 0.2) is 0 Å². The molecule has 0 saturated carbocycles. The van der Waals surface area contributed by atoms with Gasteiger partial charge in [0.25, 0.3) is 0 Å². The largest absolute Gasteiger partial charge is 0.467 e. The maximum absolute atomic E-state index is 13.3. The molecule has 7 nitrogen and oxygen atoms in total. The Hall–Kier alpha value is -2.64.